The molecule has 0 amide bonds. The first-order valence-electron chi connectivity index (χ1n) is 18.1. The largest absolute Gasteiger partial charge is 0.459 e. The first kappa shape index (κ1) is 41.3. The van der Waals surface area contributed by atoms with Crippen molar-refractivity contribution >= 4 is 11.9 Å². The molecular formula is C41H60O9. The van der Waals surface area contributed by atoms with Crippen molar-refractivity contribution in [1.82, 2.24) is 0 Å². The smallest absolute Gasteiger partial charge is 0.335 e. The maximum atomic E-state index is 13.0. The molecule has 0 aromatic heterocycles. The number of allylic oxidation sites excluding steroid dienone is 6. The molecular weight excluding hydrogens is 636 g/mol. The van der Waals surface area contributed by atoms with E-state index in [2.05, 4.69) is 26.5 Å². The molecule has 2 fully saturated rings. The second kappa shape index (κ2) is 20.7. The average molecular weight is 697 g/mol. The number of fused-ring (bicyclic) bond motifs is 4. The van der Waals surface area contributed by atoms with Gasteiger partial charge in [-0.15, -0.1) is 0 Å². The molecule has 278 valence electrons. The molecule has 0 aromatic carbocycles. The third kappa shape index (κ3) is 13.2. The summed E-state index contributed by atoms with van der Waals surface area (Å²) in [5.41, 5.74) is 0.954. The van der Waals surface area contributed by atoms with Crippen LogP contribution < -0.4 is 0 Å². The molecule has 50 heavy (non-hydrogen) atoms. The monoisotopic (exact) mass is 696 g/mol. The second-order valence-electron chi connectivity index (χ2n) is 14.6. The molecule has 3 N–H and O–H groups in total. The first-order valence-corrected chi connectivity index (χ1v) is 18.1. The lowest BCUT2D eigenvalue weighted by Crippen LogP contribution is -2.55. The summed E-state index contributed by atoms with van der Waals surface area (Å²) in [6.45, 7) is 13.9. The zero-order chi connectivity index (χ0) is 36.7. The normalized spacial score (nSPS) is 35.3. The molecule has 3 aliphatic heterocycles. The van der Waals surface area contributed by atoms with E-state index in [1.807, 2.05) is 57.2 Å². The van der Waals surface area contributed by atoms with E-state index in [1.54, 1.807) is 18.2 Å². The van der Waals surface area contributed by atoms with E-state index >= 15 is 0 Å². The number of hydrogen-bond donors (Lipinski definition) is 3. The van der Waals surface area contributed by atoms with Crippen molar-refractivity contribution < 1.29 is 43.9 Å². The Kier molecular flexibility index (Phi) is 17.1. The quantitative estimate of drug-likeness (QED) is 0.166. The molecule has 9 heteroatoms. The van der Waals surface area contributed by atoms with E-state index in [4.69, 9.17) is 18.9 Å². The van der Waals surface area contributed by atoms with Gasteiger partial charge in [0.25, 0.3) is 0 Å². The van der Waals surface area contributed by atoms with Crippen molar-refractivity contribution in [3.8, 4) is 0 Å². The third-order valence-corrected chi connectivity index (χ3v) is 9.79. The van der Waals surface area contributed by atoms with Crippen LogP contribution in [0.1, 0.15) is 86.0 Å². The van der Waals surface area contributed by atoms with Gasteiger partial charge < -0.3 is 34.3 Å². The lowest BCUT2D eigenvalue weighted by molar-refractivity contribution is -0.198. The minimum atomic E-state index is -1.31. The minimum Gasteiger partial charge on any atom is -0.459 e. The fourth-order valence-electron chi connectivity index (χ4n) is 6.27. The molecule has 3 rings (SSSR count). The highest BCUT2D eigenvalue weighted by molar-refractivity contribution is 5.82. The Morgan fingerprint density at radius 1 is 1.14 bits per heavy atom. The second-order valence-corrected chi connectivity index (χ2v) is 14.6. The van der Waals surface area contributed by atoms with Crippen LogP contribution in [0.2, 0.25) is 0 Å². The van der Waals surface area contributed by atoms with Crippen LogP contribution >= 0.6 is 0 Å². The lowest BCUT2D eigenvalue weighted by atomic mass is 9.73. The number of aliphatic hydroxyl groups is 3. The maximum absolute atomic E-state index is 13.0. The summed E-state index contributed by atoms with van der Waals surface area (Å²) in [5.74, 6) is -0.720. The van der Waals surface area contributed by atoms with Crippen molar-refractivity contribution in [2.75, 3.05) is 13.2 Å². The van der Waals surface area contributed by atoms with Crippen molar-refractivity contribution in [2.24, 2.45) is 17.3 Å². The van der Waals surface area contributed by atoms with E-state index in [0.29, 0.717) is 38.0 Å². The zero-order valence-electron chi connectivity index (χ0n) is 30.6. The van der Waals surface area contributed by atoms with Crippen LogP contribution in [-0.4, -0.2) is 83.2 Å². The molecule has 0 aliphatic carbocycles. The van der Waals surface area contributed by atoms with Crippen LogP contribution in [0, 0.1) is 17.3 Å². The number of rotatable bonds is 11. The topological polar surface area (TPSA) is 132 Å². The Labute approximate surface area is 299 Å². The van der Waals surface area contributed by atoms with Gasteiger partial charge in [0.05, 0.1) is 42.5 Å². The van der Waals surface area contributed by atoms with Gasteiger partial charge in [-0.25, -0.2) is 9.59 Å². The Hall–Kier alpha value is -3.08. The Balaban J connectivity index is 1.71. The summed E-state index contributed by atoms with van der Waals surface area (Å²) in [5, 5.41) is 31.6. The van der Waals surface area contributed by atoms with Gasteiger partial charge in [0.2, 0.25) is 0 Å². The summed E-state index contributed by atoms with van der Waals surface area (Å²) in [6.07, 6.45) is 21.0. The van der Waals surface area contributed by atoms with E-state index < -0.39 is 41.8 Å². The Morgan fingerprint density at radius 3 is 2.66 bits per heavy atom. The van der Waals surface area contributed by atoms with Gasteiger partial charge in [-0.1, -0.05) is 101 Å². The number of carbonyl (C=O) groups is 2. The van der Waals surface area contributed by atoms with Crippen molar-refractivity contribution in [2.45, 2.75) is 129 Å². The fourth-order valence-corrected chi connectivity index (χ4v) is 6.27. The standard InChI is InChI=1S/C41H60O9/c1-28(2)21-22-30(4)26-47-40(46)34(43)18-13-14-19-37-41(6,27-42)38-25-33(49-37)17-10-7-9-15-29(3)23-36-31(5)35(44)24-32(48-36)16-11-8-12-20-39(45)50-38/h8-15,17,20,23,28,31-38,42-44H,4,7,16,18-19,21-22,24-27H2,1-3,5-6H3/b11-8+,14-13+,15-9+,17-10+,20-12+,29-23-/t31-,32+,33-,34-,35+,36-,37+,38-,41+/m1/s1. The van der Waals surface area contributed by atoms with E-state index in [9.17, 15) is 24.9 Å². The number of esters is 2. The minimum absolute atomic E-state index is 0.0218. The summed E-state index contributed by atoms with van der Waals surface area (Å²) in [4.78, 5) is 25.3. The SMILES string of the molecule is C=C(CCC(C)C)COC(=O)[C@H](O)C/C=C/C[C@@H]1O[C@@H]2/C=C/C/C=C/C(C)=C\[C@H]3O[C@@H](C/C=C/C=C/C(=O)O[C@H](C2)[C@@]1(C)CO)C[C@H](O)[C@H]3C. The third-order valence-electron chi connectivity index (χ3n) is 9.79. The molecule has 0 aromatic rings. The van der Waals surface area contributed by atoms with Crippen LogP contribution in [0.25, 0.3) is 0 Å². The van der Waals surface area contributed by atoms with Gasteiger partial charge in [0.1, 0.15) is 12.7 Å². The number of hydrogen-bond acceptors (Lipinski definition) is 9. The zero-order valence-corrected chi connectivity index (χ0v) is 30.6. The van der Waals surface area contributed by atoms with Gasteiger partial charge in [-0.2, -0.15) is 0 Å². The van der Waals surface area contributed by atoms with E-state index in [1.165, 1.54) is 6.08 Å². The van der Waals surface area contributed by atoms with Crippen LogP contribution in [0.15, 0.2) is 84.6 Å². The molecule has 9 nitrogen and oxygen atoms in total. The summed E-state index contributed by atoms with van der Waals surface area (Å²) < 4.78 is 23.9. The summed E-state index contributed by atoms with van der Waals surface area (Å²) in [6, 6.07) is 0. The average Bonchev–Trinajstić information content (AvgIpc) is 3.07. The predicted molar refractivity (Wildman–Crippen MR) is 195 cm³/mol. The molecule has 3 heterocycles. The van der Waals surface area contributed by atoms with Crippen molar-refractivity contribution in [1.29, 1.82) is 0 Å². The molecule has 0 saturated carbocycles. The van der Waals surface area contributed by atoms with Crippen LogP contribution in [0.4, 0.5) is 0 Å². The number of carbonyl (C=O) groups excluding carboxylic acids is 2. The summed E-state index contributed by atoms with van der Waals surface area (Å²) >= 11 is 0. The Morgan fingerprint density at radius 2 is 1.92 bits per heavy atom. The van der Waals surface area contributed by atoms with Crippen molar-refractivity contribution in [3.63, 3.8) is 0 Å². The highest BCUT2D eigenvalue weighted by Crippen LogP contribution is 2.41. The van der Waals surface area contributed by atoms with Crippen LogP contribution in [0.5, 0.6) is 0 Å². The molecule has 9 atom stereocenters. The molecule has 0 radical (unpaired) electrons. The van der Waals surface area contributed by atoms with Gasteiger partial charge in [0, 0.05) is 31.3 Å². The molecule has 3 aliphatic rings. The highest BCUT2D eigenvalue weighted by Gasteiger charge is 2.49. The van der Waals surface area contributed by atoms with Crippen LogP contribution in [-0.2, 0) is 28.5 Å². The van der Waals surface area contributed by atoms with E-state index in [0.717, 1.165) is 24.0 Å². The predicted octanol–water partition coefficient (Wildman–Crippen LogP) is 6.41. The summed E-state index contributed by atoms with van der Waals surface area (Å²) in [7, 11) is 0. The molecule has 2 saturated heterocycles. The number of aliphatic hydroxyl groups excluding tert-OH is 3. The lowest BCUT2D eigenvalue weighted by Gasteiger charge is -2.47. The molecule has 4 bridgehead atoms. The van der Waals surface area contributed by atoms with Gasteiger partial charge in [-0.05, 0) is 50.5 Å². The maximum Gasteiger partial charge on any atom is 0.335 e. The first-order chi connectivity index (χ1) is 23.8. The van der Waals surface area contributed by atoms with E-state index in [-0.39, 0.29) is 43.9 Å². The van der Waals surface area contributed by atoms with Crippen LogP contribution in [0.3, 0.4) is 0 Å². The Bertz CT molecular complexity index is 1290. The van der Waals surface area contributed by atoms with Crippen molar-refractivity contribution in [3.05, 3.63) is 84.6 Å². The number of ether oxygens (including phenoxy) is 4. The fraction of sp³-hybridized carbons (Fsp3) is 0.610. The highest BCUT2D eigenvalue weighted by atomic mass is 16.6. The molecule has 0 spiro atoms. The van der Waals surface area contributed by atoms with Gasteiger partial charge >= 0.3 is 11.9 Å². The van der Waals surface area contributed by atoms with Gasteiger partial charge in [0.15, 0.2) is 6.10 Å². The van der Waals surface area contributed by atoms with Gasteiger partial charge in [-0.3, -0.25) is 0 Å². The molecule has 0 unspecified atom stereocenters.